The molecule has 0 saturated heterocycles. The van der Waals surface area contributed by atoms with Gasteiger partial charge >= 0.3 is 0 Å². The molecule has 3 atom stereocenters. The van der Waals surface area contributed by atoms with E-state index in [1.54, 1.807) is 6.08 Å². The highest BCUT2D eigenvalue weighted by Gasteiger charge is 2.23. The summed E-state index contributed by atoms with van der Waals surface area (Å²) in [5, 5.41) is 14.0. The highest BCUT2D eigenvalue weighted by Crippen LogP contribution is 2.38. The van der Waals surface area contributed by atoms with E-state index >= 15 is 0 Å². The highest BCUT2D eigenvalue weighted by molar-refractivity contribution is 7.45. The summed E-state index contributed by atoms with van der Waals surface area (Å²) in [7, 11) is 1.27. The number of hydrogen-bond donors (Lipinski definition) is 2. The minimum Gasteiger partial charge on any atom is -0.756 e. The summed E-state index contributed by atoms with van der Waals surface area (Å²) in [6.07, 6.45) is 99.1. The summed E-state index contributed by atoms with van der Waals surface area (Å²) < 4.78 is 23.5. The van der Waals surface area contributed by atoms with Gasteiger partial charge in [0.25, 0.3) is 7.82 Å². The van der Waals surface area contributed by atoms with Crippen LogP contribution in [0.3, 0.4) is 0 Å². The van der Waals surface area contributed by atoms with E-state index in [1.807, 2.05) is 27.2 Å². The Labute approximate surface area is 569 Å². The molecule has 0 aliphatic carbocycles. The second-order valence-electron chi connectivity index (χ2n) is 29.5. The average Bonchev–Trinajstić information content (AvgIpc) is 3.59. The molecule has 3 unspecified atom stereocenters. The molecule has 0 bridgehead atoms. The maximum Gasteiger partial charge on any atom is 0.268 e. The van der Waals surface area contributed by atoms with Crippen LogP contribution in [-0.2, 0) is 18.4 Å². The van der Waals surface area contributed by atoms with Gasteiger partial charge in [-0.2, -0.15) is 0 Å². The Kier molecular flexibility index (Phi) is 72.0. The fourth-order valence-electron chi connectivity index (χ4n) is 12.8. The molecule has 8 nitrogen and oxygen atoms in total. The van der Waals surface area contributed by atoms with Crippen molar-refractivity contribution < 1.29 is 32.9 Å². The van der Waals surface area contributed by atoms with E-state index < -0.39 is 20.0 Å². The molecule has 9 heteroatoms. The van der Waals surface area contributed by atoms with Crippen LogP contribution in [0.2, 0.25) is 0 Å². The Morgan fingerprint density at radius 3 is 0.890 bits per heavy atom. The van der Waals surface area contributed by atoms with Crippen LogP contribution in [0.5, 0.6) is 0 Å². The molecule has 0 radical (unpaired) electrons. The number of amides is 1. The number of likely N-dealkylation sites (N-methyl/N-ethyl adjacent to an activating group) is 1. The van der Waals surface area contributed by atoms with Gasteiger partial charge in [-0.05, 0) is 57.8 Å². The summed E-state index contributed by atoms with van der Waals surface area (Å²) in [6.45, 7) is 4.70. The molecular weight excluding hydrogens is 1140 g/mol. The Balaban J connectivity index is 3.92. The molecule has 0 aromatic rings. The van der Waals surface area contributed by atoms with Crippen molar-refractivity contribution in [3.05, 3.63) is 36.5 Å². The number of unbranched alkanes of at least 4 members (excludes halogenated alkanes) is 60. The van der Waals surface area contributed by atoms with Gasteiger partial charge in [-0.1, -0.05) is 403 Å². The normalized spacial score (nSPS) is 13.6. The van der Waals surface area contributed by atoms with Gasteiger partial charge in [-0.3, -0.25) is 9.36 Å². The first-order chi connectivity index (χ1) is 44.5. The largest absolute Gasteiger partial charge is 0.756 e. The topological polar surface area (TPSA) is 108 Å². The van der Waals surface area contributed by atoms with Gasteiger partial charge in [0.05, 0.1) is 39.9 Å². The lowest BCUT2D eigenvalue weighted by molar-refractivity contribution is -0.870. The van der Waals surface area contributed by atoms with Crippen molar-refractivity contribution in [1.82, 2.24) is 5.32 Å². The van der Waals surface area contributed by atoms with E-state index in [0.717, 1.165) is 38.5 Å². The van der Waals surface area contributed by atoms with Gasteiger partial charge in [0.1, 0.15) is 13.2 Å². The van der Waals surface area contributed by atoms with Crippen molar-refractivity contribution in [1.29, 1.82) is 0 Å². The van der Waals surface area contributed by atoms with E-state index in [2.05, 4.69) is 43.5 Å². The first-order valence-electron chi connectivity index (χ1n) is 40.9. The second kappa shape index (κ2) is 73.0. The van der Waals surface area contributed by atoms with Crippen LogP contribution in [0.15, 0.2) is 36.5 Å². The molecule has 0 heterocycles. The van der Waals surface area contributed by atoms with Crippen molar-refractivity contribution in [2.75, 3.05) is 40.9 Å². The summed E-state index contributed by atoms with van der Waals surface area (Å²) in [6, 6.07) is -0.904. The number of nitrogens with zero attached hydrogens (tertiary/aromatic N) is 1. The number of nitrogens with one attached hydrogen (secondary N) is 1. The van der Waals surface area contributed by atoms with E-state index in [4.69, 9.17) is 9.05 Å². The predicted molar refractivity (Wildman–Crippen MR) is 399 cm³/mol. The van der Waals surface area contributed by atoms with Crippen molar-refractivity contribution in [3.8, 4) is 0 Å². The molecule has 0 aliphatic rings. The van der Waals surface area contributed by atoms with E-state index in [1.165, 1.54) is 372 Å². The lowest BCUT2D eigenvalue weighted by atomic mass is 10.0. The third-order valence-corrected chi connectivity index (χ3v) is 20.0. The van der Waals surface area contributed by atoms with Crippen LogP contribution < -0.4 is 10.2 Å². The summed E-state index contributed by atoms with van der Waals surface area (Å²) in [4.78, 5) is 25.7. The predicted octanol–water partition coefficient (Wildman–Crippen LogP) is 26.1. The SMILES string of the molecule is CCCCCCCCCC/C=C\CCCCCCCCCCCCCCCCCCCCCCCCCCCCCCCC(=O)NC(COP(=O)([O-])OCC[N+](C)(C)C)C(O)/C=C/CC/C=C/CCCCCCCCCCCCCCCCCCCCCCCC. The van der Waals surface area contributed by atoms with Crippen LogP contribution in [0.25, 0.3) is 0 Å². The van der Waals surface area contributed by atoms with Crippen molar-refractivity contribution in [3.63, 3.8) is 0 Å². The number of phosphoric acid groups is 1. The smallest absolute Gasteiger partial charge is 0.268 e. The van der Waals surface area contributed by atoms with Crippen LogP contribution >= 0.6 is 7.82 Å². The van der Waals surface area contributed by atoms with Gasteiger partial charge in [-0.25, -0.2) is 0 Å². The van der Waals surface area contributed by atoms with Crippen molar-refractivity contribution in [2.45, 2.75) is 443 Å². The third kappa shape index (κ3) is 76.0. The lowest BCUT2D eigenvalue weighted by Gasteiger charge is -2.29. The molecule has 0 saturated carbocycles. The Morgan fingerprint density at radius 2 is 0.615 bits per heavy atom. The molecule has 91 heavy (non-hydrogen) atoms. The molecule has 0 fully saturated rings. The van der Waals surface area contributed by atoms with Crippen molar-refractivity contribution >= 4 is 13.7 Å². The minimum atomic E-state index is -4.61. The summed E-state index contributed by atoms with van der Waals surface area (Å²) in [5.74, 6) is -0.197. The fraction of sp³-hybridized carbons (Fsp3) is 0.915. The number of hydrogen-bond acceptors (Lipinski definition) is 6. The van der Waals surface area contributed by atoms with Gasteiger partial charge in [-0.15, -0.1) is 0 Å². The van der Waals surface area contributed by atoms with Crippen molar-refractivity contribution in [2.24, 2.45) is 0 Å². The fourth-order valence-corrected chi connectivity index (χ4v) is 13.5. The molecule has 540 valence electrons. The van der Waals surface area contributed by atoms with Gasteiger partial charge < -0.3 is 28.8 Å². The highest BCUT2D eigenvalue weighted by atomic mass is 31.2. The maximum atomic E-state index is 13.1. The van der Waals surface area contributed by atoms with Gasteiger partial charge in [0.15, 0.2) is 0 Å². The zero-order valence-electron chi connectivity index (χ0n) is 62.1. The number of quaternary nitrogens is 1. The van der Waals surface area contributed by atoms with Gasteiger partial charge in [0, 0.05) is 6.42 Å². The molecule has 0 aromatic carbocycles. The number of aliphatic hydroxyl groups excluding tert-OH is 1. The minimum absolute atomic E-state index is 0.00387. The van der Waals surface area contributed by atoms with E-state index in [9.17, 15) is 19.4 Å². The van der Waals surface area contributed by atoms with Crippen LogP contribution in [0.1, 0.15) is 431 Å². The van der Waals surface area contributed by atoms with E-state index in [0.29, 0.717) is 17.4 Å². The first kappa shape index (κ1) is 89.7. The molecule has 0 aliphatic heterocycles. The number of carbonyl (C=O) groups is 1. The lowest BCUT2D eigenvalue weighted by Crippen LogP contribution is -2.45. The Bertz CT molecular complexity index is 1580. The summed E-state index contributed by atoms with van der Waals surface area (Å²) >= 11 is 0. The average molecular weight is 1300 g/mol. The Hall–Kier alpha value is -1.28. The molecule has 0 spiro atoms. The Morgan fingerprint density at radius 1 is 0.374 bits per heavy atom. The molecular formula is C82H161N2O6P. The molecule has 0 aromatic heterocycles. The van der Waals surface area contributed by atoms with E-state index in [-0.39, 0.29) is 19.1 Å². The molecule has 1 amide bonds. The van der Waals surface area contributed by atoms with Crippen LogP contribution in [0, 0.1) is 0 Å². The number of carbonyl (C=O) groups excluding carboxylic acids is 1. The zero-order chi connectivity index (χ0) is 66.2. The maximum absolute atomic E-state index is 13.1. The third-order valence-electron chi connectivity index (χ3n) is 19.1. The number of aliphatic hydroxyl groups is 1. The molecule has 0 rings (SSSR count). The number of allylic oxidation sites excluding steroid dienone is 5. The van der Waals surface area contributed by atoms with Crippen LogP contribution in [-0.4, -0.2) is 68.5 Å². The monoisotopic (exact) mass is 1300 g/mol. The number of phosphoric ester groups is 1. The first-order valence-corrected chi connectivity index (χ1v) is 42.3. The summed E-state index contributed by atoms with van der Waals surface area (Å²) in [5.41, 5.74) is 0. The number of rotatable bonds is 77. The standard InChI is InChI=1S/C82H161N2O6P/c1-6-8-10-12-14-16-18-20-22-24-26-28-30-32-34-36-37-38-39-40-41-42-43-44-45-46-47-48-50-52-54-56-58-60-62-64-66-68-70-72-74-76-82(86)83-80(79-90-91(87,88)89-78-77-84(3,4)5)81(85)75-73-71-69-67-65-63-61-59-57-55-53-51-49-35-33-31-29-27-25-23-21-19-17-15-13-11-9-7-2/h24,26,65,67,73,75,80-81,85H,6-23,25,27-64,66,68-72,74,76-79H2,1-5H3,(H-,83,86,87,88)/b26-24-,67-65+,75-73+. The second-order valence-corrected chi connectivity index (χ2v) is 30.9. The molecule has 2 N–H and O–H groups in total. The van der Waals surface area contributed by atoms with Crippen LogP contribution in [0.4, 0.5) is 0 Å². The van der Waals surface area contributed by atoms with Gasteiger partial charge in [0.2, 0.25) is 5.91 Å². The zero-order valence-corrected chi connectivity index (χ0v) is 63.0. The quantitative estimate of drug-likeness (QED) is 0.0272.